The highest BCUT2D eigenvalue weighted by Gasteiger charge is 2.21. The summed E-state index contributed by atoms with van der Waals surface area (Å²) in [5.74, 6) is 1.45. The molecule has 2 atom stereocenters. The molecule has 2 unspecified atom stereocenters. The molecule has 1 aliphatic rings. The van der Waals surface area contributed by atoms with Gasteiger partial charge in [-0.15, -0.1) is 0 Å². The standard InChI is InChI=1S/C16H24BrNO2S/c1-12-4-3-5-14(10-12)8-9-18-21(19,20)16-7-6-13(2)11-15(16)17/h6-7,11-12,14,18H,3-5,8-10H2,1-2H3. The van der Waals surface area contributed by atoms with Gasteiger partial charge in [0.2, 0.25) is 10.0 Å². The molecule has 118 valence electrons. The first kappa shape index (κ1) is 17.0. The average Bonchev–Trinajstić information content (AvgIpc) is 2.38. The fraction of sp³-hybridized carbons (Fsp3) is 0.625. The Morgan fingerprint density at radius 3 is 2.76 bits per heavy atom. The van der Waals surface area contributed by atoms with Gasteiger partial charge in [0.05, 0.1) is 4.90 Å². The van der Waals surface area contributed by atoms with Gasteiger partial charge in [0.25, 0.3) is 0 Å². The Morgan fingerprint density at radius 1 is 1.33 bits per heavy atom. The largest absolute Gasteiger partial charge is 0.241 e. The van der Waals surface area contributed by atoms with Gasteiger partial charge in [0.1, 0.15) is 0 Å². The molecule has 1 fully saturated rings. The van der Waals surface area contributed by atoms with Gasteiger partial charge in [-0.3, -0.25) is 0 Å². The van der Waals surface area contributed by atoms with Crippen LogP contribution in [0.3, 0.4) is 0 Å². The van der Waals surface area contributed by atoms with E-state index < -0.39 is 10.0 Å². The van der Waals surface area contributed by atoms with Gasteiger partial charge in [0.15, 0.2) is 0 Å². The van der Waals surface area contributed by atoms with E-state index in [0.29, 0.717) is 21.8 Å². The predicted molar refractivity (Wildman–Crippen MR) is 89.8 cm³/mol. The van der Waals surface area contributed by atoms with E-state index in [2.05, 4.69) is 27.6 Å². The Bertz CT molecular complexity index is 586. The predicted octanol–water partition coefficient (Wildman–Crippen LogP) is 4.25. The summed E-state index contributed by atoms with van der Waals surface area (Å²) in [6.45, 7) is 4.76. The summed E-state index contributed by atoms with van der Waals surface area (Å²) < 4.78 is 28.0. The summed E-state index contributed by atoms with van der Waals surface area (Å²) in [5, 5.41) is 0. The molecular weight excluding hydrogens is 350 g/mol. The molecule has 0 bridgehead atoms. The number of sulfonamides is 1. The second kappa shape index (κ2) is 7.25. The molecule has 0 aliphatic heterocycles. The highest BCUT2D eigenvalue weighted by molar-refractivity contribution is 9.10. The van der Waals surface area contributed by atoms with Crippen LogP contribution in [0, 0.1) is 18.8 Å². The molecule has 1 aromatic rings. The molecule has 1 aromatic carbocycles. The minimum absolute atomic E-state index is 0.324. The van der Waals surface area contributed by atoms with Crippen LogP contribution in [0.2, 0.25) is 0 Å². The monoisotopic (exact) mass is 373 g/mol. The van der Waals surface area contributed by atoms with Gasteiger partial charge in [0, 0.05) is 11.0 Å². The first-order valence-electron chi connectivity index (χ1n) is 7.64. The molecule has 0 saturated heterocycles. The summed E-state index contributed by atoms with van der Waals surface area (Å²) in [5.41, 5.74) is 1.04. The van der Waals surface area contributed by atoms with E-state index in [1.807, 2.05) is 19.1 Å². The highest BCUT2D eigenvalue weighted by Crippen LogP contribution is 2.30. The van der Waals surface area contributed by atoms with Crippen molar-refractivity contribution in [1.29, 1.82) is 0 Å². The van der Waals surface area contributed by atoms with Gasteiger partial charge in [-0.1, -0.05) is 32.3 Å². The number of halogens is 1. The van der Waals surface area contributed by atoms with Gasteiger partial charge in [-0.2, -0.15) is 0 Å². The van der Waals surface area contributed by atoms with Crippen molar-refractivity contribution in [3.8, 4) is 0 Å². The summed E-state index contributed by atoms with van der Waals surface area (Å²) in [7, 11) is -3.42. The second-order valence-corrected chi connectivity index (χ2v) is 8.85. The zero-order chi connectivity index (χ0) is 15.5. The lowest BCUT2D eigenvalue weighted by atomic mass is 9.81. The van der Waals surface area contributed by atoms with E-state index in [0.717, 1.165) is 17.9 Å². The quantitative estimate of drug-likeness (QED) is 0.838. The van der Waals surface area contributed by atoms with Crippen molar-refractivity contribution in [3.63, 3.8) is 0 Å². The lowest BCUT2D eigenvalue weighted by Gasteiger charge is -2.26. The molecule has 1 saturated carbocycles. The summed E-state index contributed by atoms with van der Waals surface area (Å²) in [6, 6.07) is 5.31. The van der Waals surface area contributed by atoms with E-state index in [9.17, 15) is 8.42 Å². The van der Waals surface area contributed by atoms with Crippen LogP contribution in [0.5, 0.6) is 0 Å². The number of benzene rings is 1. The fourth-order valence-corrected chi connectivity index (χ4v) is 5.36. The summed E-state index contributed by atoms with van der Waals surface area (Å²) in [4.78, 5) is 0.324. The third kappa shape index (κ3) is 4.80. The van der Waals surface area contributed by atoms with E-state index in [4.69, 9.17) is 0 Å². The van der Waals surface area contributed by atoms with Crippen molar-refractivity contribution in [2.75, 3.05) is 6.54 Å². The van der Waals surface area contributed by atoms with Crippen LogP contribution in [0.25, 0.3) is 0 Å². The molecule has 1 N–H and O–H groups in total. The Hall–Kier alpha value is -0.390. The molecule has 0 spiro atoms. The van der Waals surface area contributed by atoms with Crippen LogP contribution in [-0.2, 0) is 10.0 Å². The topological polar surface area (TPSA) is 46.2 Å². The lowest BCUT2D eigenvalue weighted by Crippen LogP contribution is -2.27. The number of hydrogen-bond donors (Lipinski definition) is 1. The molecule has 21 heavy (non-hydrogen) atoms. The number of nitrogens with one attached hydrogen (secondary N) is 1. The molecule has 3 nitrogen and oxygen atoms in total. The molecule has 0 amide bonds. The van der Waals surface area contributed by atoms with Crippen molar-refractivity contribution >= 4 is 26.0 Å². The zero-order valence-corrected chi connectivity index (χ0v) is 15.1. The van der Waals surface area contributed by atoms with Crippen LogP contribution in [0.15, 0.2) is 27.6 Å². The minimum Gasteiger partial charge on any atom is -0.211 e. The maximum absolute atomic E-state index is 12.3. The van der Waals surface area contributed by atoms with Crippen LogP contribution in [0.1, 0.15) is 44.6 Å². The van der Waals surface area contributed by atoms with E-state index in [1.165, 1.54) is 25.7 Å². The Kier molecular flexibility index (Phi) is 5.86. The van der Waals surface area contributed by atoms with Crippen LogP contribution in [0.4, 0.5) is 0 Å². The average molecular weight is 374 g/mol. The molecule has 0 aromatic heterocycles. The number of aryl methyl sites for hydroxylation is 1. The number of rotatable bonds is 5. The normalized spacial score (nSPS) is 23.2. The third-order valence-corrected chi connectivity index (χ3v) is 6.70. The summed E-state index contributed by atoms with van der Waals surface area (Å²) in [6.07, 6.45) is 6.00. The van der Waals surface area contributed by atoms with Gasteiger partial charge in [-0.05, 0) is 65.2 Å². The SMILES string of the molecule is Cc1ccc(S(=O)(=O)NCCC2CCCC(C)C2)c(Br)c1. The van der Waals surface area contributed by atoms with E-state index in [-0.39, 0.29) is 0 Å². The second-order valence-electron chi connectivity index (χ2n) is 6.26. The van der Waals surface area contributed by atoms with Crippen molar-refractivity contribution in [3.05, 3.63) is 28.2 Å². The first-order valence-corrected chi connectivity index (χ1v) is 9.92. The molecule has 0 heterocycles. The first-order chi connectivity index (χ1) is 9.88. The van der Waals surface area contributed by atoms with Crippen molar-refractivity contribution in [1.82, 2.24) is 4.72 Å². The Labute approximate surface area is 136 Å². The Morgan fingerprint density at radius 2 is 2.10 bits per heavy atom. The zero-order valence-electron chi connectivity index (χ0n) is 12.7. The molecule has 1 aliphatic carbocycles. The smallest absolute Gasteiger partial charge is 0.211 e. The van der Waals surface area contributed by atoms with Crippen LogP contribution < -0.4 is 4.72 Å². The number of hydrogen-bond acceptors (Lipinski definition) is 2. The molecule has 0 radical (unpaired) electrons. The maximum atomic E-state index is 12.3. The highest BCUT2D eigenvalue weighted by atomic mass is 79.9. The molecular formula is C16H24BrNO2S. The van der Waals surface area contributed by atoms with E-state index in [1.54, 1.807) is 6.07 Å². The van der Waals surface area contributed by atoms with E-state index >= 15 is 0 Å². The van der Waals surface area contributed by atoms with Crippen LogP contribution >= 0.6 is 15.9 Å². The molecule has 2 rings (SSSR count). The lowest BCUT2D eigenvalue weighted by molar-refractivity contribution is 0.271. The summed E-state index contributed by atoms with van der Waals surface area (Å²) >= 11 is 3.34. The van der Waals surface area contributed by atoms with Crippen molar-refractivity contribution in [2.24, 2.45) is 11.8 Å². The third-order valence-electron chi connectivity index (χ3n) is 4.27. The Balaban J connectivity index is 1.92. The van der Waals surface area contributed by atoms with Crippen molar-refractivity contribution < 1.29 is 8.42 Å². The van der Waals surface area contributed by atoms with Gasteiger partial charge < -0.3 is 0 Å². The van der Waals surface area contributed by atoms with Crippen LogP contribution in [-0.4, -0.2) is 15.0 Å². The maximum Gasteiger partial charge on any atom is 0.241 e. The molecule has 5 heteroatoms. The van der Waals surface area contributed by atoms with Gasteiger partial charge >= 0.3 is 0 Å². The van der Waals surface area contributed by atoms with Gasteiger partial charge in [-0.25, -0.2) is 13.1 Å². The minimum atomic E-state index is -3.42. The van der Waals surface area contributed by atoms with Crippen molar-refractivity contribution in [2.45, 2.75) is 50.8 Å². The fourth-order valence-electron chi connectivity index (χ4n) is 3.12.